The van der Waals surface area contributed by atoms with E-state index in [-0.39, 0.29) is 18.3 Å². The second kappa shape index (κ2) is 8.90. The minimum atomic E-state index is -0.483. The molecule has 0 aliphatic carbocycles. The Morgan fingerprint density at radius 3 is 2.86 bits per heavy atom. The Balaban J connectivity index is 2.58. The molecule has 0 fully saturated rings. The molecule has 1 rings (SSSR count). The molecule has 0 heterocycles. The van der Waals surface area contributed by atoms with Gasteiger partial charge in [0.2, 0.25) is 0 Å². The Morgan fingerprint density at radius 1 is 1.50 bits per heavy atom. The summed E-state index contributed by atoms with van der Waals surface area (Å²) in [7, 11) is 0. The number of carbonyl (C=O) groups is 1. The third-order valence-electron chi connectivity index (χ3n) is 2.86. The van der Waals surface area contributed by atoms with Crippen LogP contribution in [0.2, 0.25) is 0 Å². The second-order valence-corrected chi connectivity index (χ2v) is 5.16. The van der Waals surface area contributed by atoms with E-state index < -0.39 is 18.0 Å². The Morgan fingerprint density at radius 2 is 2.23 bits per heavy atom. The van der Waals surface area contributed by atoms with Crippen LogP contribution in [0.3, 0.4) is 0 Å². The maximum absolute atomic E-state index is 13.2. The number of terminal acetylenes is 1. The van der Waals surface area contributed by atoms with E-state index in [0.717, 1.165) is 6.07 Å². The Kier molecular flexibility index (Phi) is 7.20. The molecule has 22 heavy (non-hydrogen) atoms. The van der Waals surface area contributed by atoms with Crippen LogP contribution in [0.25, 0.3) is 0 Å². The summed E-state index contributed by atoms with van der Waals surface area (Å²) in [6.07, 6.45) is 5.27. The summed E-state index contributed by atoms with van der Waals surface area (Å²) in [4.78, 5) is 11.8. The number of hydrogen-bond acceptors (Lipinski definition) is 3. The van der Waals surface area contributed by atoms with Gasteiger partial charge < -0.3 is 20.5 Å². The van der Waals surface area contributed by atoms with Gasteiger partial charge in [-0.15, -0.1) is 6.42 Å². The molecule has 3 N–H and O–H groups in total. The smallest absolute Gasteiger partial charge is 0.319 e. The Labute approximate surface area is 129 Å². The first-order chi connectivity index (χ1) is 10.4. The lowest BCUT2D eigenvalue weighted by Crippen LogP contribution is -2.33. The monoisotopic (exact) mass is 308 g/mol. The lowest BCUT2D eigenvalue weighted by molar-refractivity contribution is 0.163. The summed E-state index contributed by atoms with van der Waals surface area (Å²) in [6, 6.07) is 3.34. The largest absolute Gasteiger partial charge is 0.479 e. The zero-order chi connectivity index (χ0) is 16.5. The number of anilines is 1. The third-order valence-corrected chi connectivity index (χ3v) is 2.86. The summed E-state index contributed by atoms with van der Waals surface area (Å²) in [5.74, 6) is 2.10. The summed E-state index contributed by atoms with van der Waals surface area (Å²) in [6.45, 7) is 4.01. The van der Waals surface area contributed by atoms with Crippen molar-refractivity contribution < 1.29 is 19.0 Å². The van der Waals surface area contributed by atoms with Crippen molar-refractivity contribution in [3.8, 4) is 18.1 Å². The lowest BCUT2D eigenvalue weighted by atomic mass is 10.1. The number of carbonyl (C=O) groups excluding carboxylic acids is 1. The molecular weight excluding hydrogens is 287 g/mol. The molecule has 2 unspecified atom stereocenters. The Bertz CT molecular complexity index is 541. The first-order valence-electron chi connectivity index (χ1n) is 7.01. The highest BCUT2D eigenvalue weighted by molar-refractivity contribution is 5.90. The molecule has 0 spiro atoms. The number of nitrogens with one attached hydrogen (secondary N) is 2. The Hall–Kier alpha value is -2.26. The fourth-order valence-corrected chi connectivity index (χ4v) is 1.94. The van der Waals surface area contributed by atoms with Crippen molar-refractivity contribution in [2.24, 2.45) is 5.92 Å². The van der Waals surface area contributed by atoms with Crippen LogP contribution in [0.5, 0.6) is 5.75 Å². The number of amides is 2. The first kappa shape index (κ1) is 17.8. The van der Waals surface area contributed by atoms with Gasteiger partial charge in [-0.05, 0) is 31.4 Å². The van der Waals surface area contributed by atoms with Gasteiger partial charge in [-0.25, -0.2) is 9.18 Å². The zero-order valence-electron chi connectivity index (χ0n) is 12.7. The van der Waals surface area contributed by atoms with E-state index >= 15 is 0 Å². The summed E-state index contributed by atoms with van der Waals surface area (Å²) in [5.41, 5.74) is 0.331. The highest BCUT2D eigenvalue weighted by Crippen LogP contribution is 2.25. The summed E-state index contributed by atoms with van der Waals surface area (Å²) in [5, 5.41) is 14.5. The molecule has 120 valence electrons. The molecule has 2 atom stereocenters. The van der Waals surface area contributed by atoms with E-state index in [1.807, 2.05) is 6.92 Å². The average Bonchev–Trinajstić information content (AvgIpc) is 2.44. The van der Waals surface area contributed by atoms with E-state index in [1.54, 1.807) is 6.92 Å². The maximum atomic E-state index is 13.2. The van der Waals surface area contributed by atoms with Crippen LogP contribution in [-0.2, 0) is 0 Å². The standard InChI is InChI=1S/C16H21FN2O3/c1-4-7-22-15-9-13(17)5-6-14(15)19-16(21)18-10-11(2)8-12(3)20/h1,5-6,9,11-12,20H,7-8,10H2,2-3H3,(H2,18,19,21). The maximum Gasteiger partial charge on any atom is 0.319 e. The van der Waals surface area contributed by atoms with Gasteiger partial charge in [0, 0.05) is 12.6 Å². The zero-order valence-corrected chi connectivity index (χ0v) is 12.7. The van der Waals surface area contributed by atoms with Crippen molar-refractivity contribution in [2.45, 2.75) is 26.4 Å². The van der Waals surface area contributed by atoms with Crippen LogP contribution in [0, 0.1) is 24.1 Å². The van der Waals surface area contributed by atoms with Crippen molar-refractivity contribution in [3.05, 3.63) is 24.0 Å². The van der Waals surface area contributed by atoms with Crippen LogP contribution in [0.1, 0.15) is 20.3 Å². The van der Waals surface area contributed by atoms with E-state index in [1.165, 1.54) is 12.1 Å². The van der Waals surface area contributed by atoms with Crippen LogP contribution in [-0.4, -0.2) is 30.4 Å². The normalized spacial score (nSPS) is 12.9. The predicted molar refractivity (Wildman–Crippen MR) is 83.2 cm³/mol. The highest BCUT2D eigenvalue weighted by atomic mass is 19.1. The van der Waals surface area contributed by atoms with Gasteiger partial charge >= 0.3 is 6.03 Å². The number of ether oxygens (including phenoxy) is 1. The van der Waals surface area contributed by atoms with E-state index in [0.29, 0.717) is 18.7 Å². The van der Waals surface area contributed by atoms with E-state index in [9.17, 15) is 14.3 Å². The molecule has 0 saturated heterocycles. The number of hydrogen-bond donors (Lipinski definition) is 3. The molecule has 0 aliphatic rings. The molecule has 5 nitrogen and oxygen atoms in total. The van der Waals surface area contributed by atoms with Gasteiger partial charge in [0.1, 0.15) is 18.2 Å². The fraction of sp³-hybridized carbons (Fsp3) is 0.438. The number of rotatable bonds is 7. The number of aliphatic hydroxyl groups excluding tert-OH is 1. The predicted octanol–water partition coefficient (Wildman–Crippen LogP) is 2.37. The van der Waals surface area contributed by atoms with E-state index in [4.69, 9.17) is 11.2 Å². The van der Waals surface area contributed by atoms with Gasteiger partial charge in [-0.1, -0.05) is 12.8 Å². The van der Waals surface area contributed by atoms with Crippen LogP contribution < -0.4 is 15.4 Å². The number of aliphatic hydroxyl groups is 1. The van der Waals surface area contributed by atoms with Crippen LogP contribution in [0.4, 0.5) is 14.9 Å². The molecule has 1 aromatic carbocycles. The summed E-state index contributed by atoms with van der Waals surface area (Å²) >= 11 is 0. The molecule has 0 bridgehead atoms. The molecule has 2 amide bonds. The lowest BCUT2D eigenvalue weighted by Gasteiger charge is -2.15. The summed E-state index contributed by atoms with van der Waals surface area (Å²) < 4.78 is 18.4. The minimum Gasteiger partial charge on any atom is -0.479 e. The van der Waals surface area contributed by atoms with Gasteiger partial charge in [-0.2, -0.15) is 0 Å². The van der Waals surface area contributed by atoms with Gasteiger partial charge in [-0.3, -0.25) is 0 Å². The fourth-order valence-electron chi connectivity index (χ4n) is 1.94. The van der Waals surface area contributed by atoms with Gasteiger partial charge in [0.05, 0.1) is 11.8 Å². The average molecular weight is 308 g/mol. The third kappa shape index (κ3) is 6.46. The number of benzene rings is 1. The van der Waals surface area contributed by atoms with E-state index in [2.05, 4.69) is 16.6 Å². The second-order valence-electron chi connectivity index (χ2n) is 5.16. The van der Waals surface area contributed by atoms with Crippen molar-refractivity contribution in [2.75, 3.05) is 18.5 Å². The quantitative estimate of drug-likeness (QED) is 0.677. The molecule has 1 aromatic rings. The topological polar surface area (TPSA) is 70.6 Å². The molecule has 0 saturated carbocycles. The highest BCUT2D eigenvalue weighted by Gasteiger charge is 2.11. The van der Waals surface area contributed by atoms with Crippen LogP contribution in [0.15, 0.2) is 18.2 Å². The van der Waals surface area contributed by atoms with Crippen molar-refractivity contribution in [3.63, 3.8) is 0 Å². The first-order valence-corrected chi connectivity index (χ1v) is 7.01. The molecule has 0 aliphatic heterocycles. The number of urea groups is 1. The molecule has 0 radical (unpaired) electrons. The van der Waals surface area contributed by atoms with Crippen molar-refractivity contribution in [1.29, 1.82) is 0 Å². The number of halogens is 1. The molecular formula is C16H21FN2O3. The molecule has 6 heteroatoms. The van der Waals surface area contributed by atoms with Crippen LogP contribution >= 0.6 is 0 Å². The van der Waals surface area contributed by atoms with Gasteiger partial charge in [0.15, 0.2) is 0 Å². The SMILES string of the molecule is C#CCOc1cc(F)ccc1NC(=O)NCC(C)CC(C)O. The van der Waals surface area contributed by atoms with Crippen molar-refractivity contribution in [1.82, 2.24) is 5.32 Å². The van der Waals surface area contributed by atoms with Gasteiger partial charge in [0.25, 0.3) is 0 Å². The minimum absolute atomic E-state index is 0.0226. The molecule has 0 aromatic heterocycles. The van der Waals surface area contributed by atoms with Crippen molar-refractivity contribution >= 4 is 11.7 Å².